The van der Waals surface area contributed by atoms with Crippen LogP contribution < -0.4 is 0 Å². The van der Waals surface area contributed by atoms with E-state index in [4.69, 9.17) is 0 Å². The Hall–Kier alpha value is -2.53. The van der Waals surface area contributed by atoms with E-state index in [1.54, 1.807) is 12.4 Å². The Kier molecular flexibility index (Phi) is 5.01. The van der Waals surface area contributed by atoms with E-state index in [9.17, 15) is 4.39 Å². The maximum atomic E-state index is 13.1. The summed E-state index contributed by atoms with van der Waals surface area (Å²) >= 11 is 0. The van der Waals surface area contributed by atoms with Gasteiger partial charge in [0.2, 0.25) is 0 Å². The summed E-state index contributed by atoms with van der Waals surface area (Å²) in [5.74, 6) is -0.207. The third-order valence-corrected chi connectivity index (χ3v) is 3.96. The molecular weight excluding hydrogens is 303 g/mol. The zero-order valence-corrected chi connectivity index (χ0v) is 14.0. The summed E-state index contributed by atoms with van der Waals surface area (Å²) < 4.78 is 15.1. The van der Waals surface area contributed by atoms with Crippen molar-refractivity contribution in [3.05, 3.63) is 83.2 Å². The number of benzene rings is 1. The summed E-state index contributed by atoms with van der Waals surface area (Å²) in [7, 11) is 1.96. The van der Waals surface area contributed by atoms with E-state index in [1.165, 1.54) is 17.7 Å². The second kappa shape index (κ2) is 7.36. The minimum atomic E-state index is -0.207. The van der Waals surface area contributed by atoms with Gasteiger partial charge in [0.1, 0.15) is 5.82 Å². The highest BCUT2D eigenvalue weighted by Gasteiger charge is 2.11. The van der Waals surface area contributed by atoms with Crippen molar-refractivity contribution in [1.29, 1.82) is 0 Å². The van der Waals surface area contributed by atoms with Gasteiger partial charge in [-0.15, -0.1) is 0 Å². The Bertz CT molecular complexity index is 781. The maximum Gasteiger partial charge on any atom is 0.123 e. The second-order valence-electron chi connectivity index (χ2n) is 6.03. The van der Waals surface area contributed by atoms with E-state index in [0.29, 0.717) is 0 Å². The van der Waals surface area contributed by atoms with Gasteiger partial charge in [0.25, 0.3) is 0 Å². The zero-order chi connectivity index (χ0) is 16.9. The van der Waals surface area contributed by atoms with Gasteiger partial charge in [0.15, 0.2) is 0 Å². The SMILES string of the molecule is Cc1cc(CN(Cc2ccncc2)Cc2ccc(F)cc2)n(C)n1. The lowest BCUT2D eigenvalue weighted by Crippen LogP contribution is -2.23. The van der Waals surface area contributed by atoms with Crippen LogP contribution in [0.5, 0.6) is 0 Å². The number of halogens is 1. The molecule has 0 aliphatic heterocycles. The Morgan fingerprint density at radius 3 is 2.17 bits per heavy atom. The van der Waals surface area contributed by atoms with Crippen molar-refractivity contribution >= 4 is 0 Å². The molecule has 0 fully saturated rings. The molecule has 0 saturated carbocycles. The number of pyridine rings is 1. The fourth-order valence-electron chi connectivity index (χ4n) is 2.80. The summed E-state index contributed by atoms with van der Waals surface area (Å²) in [5, 5.41) is 4.42. The third kappa shape index (κ3) is 4.26. The van der Waals surface area contributed by atoms with Crippen molar-refractivity contribution in [3.8, 4) is 0 Å². The lowest BCUT2D eigenvalue weighted by atomic mass is 10.1. The highest BCUT2D eigenvalue weighted by atomic mass is 19.1. The predicted molar refractivity (Wildman–Crippen MR) is 91.5 cm³/mol. The lowest BCUT2D eigenvalue weighted by Gasteiger charge is -2.22. The highest BCUT2D eigenvalue weighted by Crippen LogP contribution is 2.15. The van der Waals surface area contributed by atoms with Crippen molar-refractivity contribution in [2.24, 2.45) is 7.05 Å². The molecule has 0 unspecified atom stereocenters. The van der Waals surface area contributed by atoms with Crippen LogP contribution in [0, 0.1) is 12.7 Å². The van der Waals surface area contributed by atoms with E-state index < -0.39 is 0 Å². The average Bonchev–Trinajstić information content (AvgIpc) is 2.88. The van der Waals surface area contributed by atoms with Crippen LogP contribution in [0.25, 0.3) is 0 Å². The Labute approximate surface area is 141 Å². The molecule has 2 aromatic heterocycles. The molecule has 2 heterocycles. The van der Waals surface area contributed by atoms with Crippen LogP contribution in [0.3, 0.4) is 0 Å². The molecule has 0 N–H and O–H groups in total. The van der Waals surface area contributed by atoms with Crippen molar-refractivity contribution in [2.75, 3.05) is 0 Å². The molecule has 5 heteroatoms. The minimum Gasteiger partial charge on any atom is -0.289 e. The molecule has 0 saturated heterocycles. The van der Waals surface area contributed by atoms with Crippen LogP contribution in [0.15, 0.2) is 54.9 Å². The van der Waals surface area contributed by atoms with Crippen LogP contribution >= 0.6 is 0 Å². The number of rotatable bonds is 6. The first-order chi connectivity index (χ1) is 11.6. The number of aryl methyl sites for hydroxylation is 2. The monoisotopic (exact) mass is 324 g/mol. The van der Waals surface area contributed by atoms with Gasteiger partial charge >= 0.3 is 0 Å². The van der Waals surface area contributed by atoms with Crippen LogP contribution in [0.4, 0.5) is 4.39 Å². The molecule has 0 spiro atoms. The molecular formula is C19H21FN4. The minimum absolute atomic E-state index is 0.207. The molecule has 3 aromatic rings. The molecule has 124 valence electrons. The van der Waals surface area contributed by atoms with Gasteiger partial charge in [-0.25, -0.2) is 4.39 Å². The van der Waals surface area contributed by atoms with E-state index >= 15 is 0 Å². The number of hydrogen-bond donors (Lipinski definition) is 0. The molecule has 0 aliphatic rings. The van der Waals surface area contributed by atoms with Crippen molar-refractivity contribution in [3.63, 3.8) is 0 Å². The summed E-state index contributed by atoms with van der Waals surface area (Å²) in [6.07, 6.45) is 3.61. The molecule has 0 bridgehead atoms. The first kappa shape index (κ1) is 16.3. The van der Waals surface area contributed by atoms with Gasteiger partial charge in [0, 0.05) is 39.1 Å². The zero-order valence-electron chi connectivity index (χ0n) is 14.0. The molecule has 1 aromatic carbocycles. The first-order valence-electron chi connectivity index (χ1n) is 7.95. The molecule has 0 radical (unpaired) electrons. The van der Waals surface area contributed by atoms with Gasteiger partial charge in [-0.3, -0.25) is 14.6 Å². The summed E-state index contributed by atoms with van der Waals surface area (Å²) in [5.41, 5.74) is 4.46. The fraction of sp³-hybridized carbons (Fsp3) is 0.263. The average molecular weight is 324 g/mol. The summed E-state index contributed by atoms with van der Waals surface area (Å²) in [4.78, 5) is 6.39. The Morgan fingerprint density at radius 1 is 0.958 bits per heavy atom. The Morgan fingerprint density at radius 2 is 1.58 bits per heavy atom. The first-order valence-corrected chi connectivity index (χ1v) is 7.95. The van der Waals surface area contributed by atoms with Crippen LogP contribution in [0.2, 0.25) is 0 Å². The normalized spacial score (nSPS) is 11.2. The van der Waals surface area contributed by atoms with E-state index in [2.05, 4.69) is 21.0 Å². The van der Waals surface area contributed by atoms with E-state index in [1.807, 2.05) is 42.9 Å². The molecule has 4 nitrogen and oxygen atoms in total. The third-order valence-electron chi connectivity index (χ3n) is 3.96. The van der Waals surface area contributed by atoms with E-state index in [-0.39, 0.29) is 5.82 Å². The van der Waals surface area contributed by atoms with Gasteiger partial charge in [0.05, 0.1) is 11.4 Å². The van der Waals surface area contributed by atoms with Gasteiger partial charge in [-0.05, 0) is 48.4 Å². The van der Waals surface area contributed by atoms with Crippen LogP contribution in [-0.4, -0.2) is 19.7 Å². The molecule has 0 atom stereocenters. The largest absolute Gasteiger partial charge is 0.289 e. The topological polar surface area (TPSA) is 34.0 Å². The Balaban J connectivity index is 1.79. The van der Waals surface area contributed by atoms with E-state index in [0.717, 1.165) is 36.6 Å². The van der Waals surface area contributed by atoms with Gasteiger partial charge in [-0.2, -0.15) is 5.10 Å². The van der Waals surface area contributed by atoms with Crippen molar-refractivity contribution in [2.45, 2.75) is 26.6 Å². The smallest absolute Gasteiger partial charge is 0.123 e. The van der Waals surface area contributed by atoms with Crippen LogP contribution in [0.1, 0.15) is 22.5 Å². The molecule has 0 aliphatic carbocycles. The molecule has 0 amide bonds. The molecule has 3 rings (SSSR count). The number of nitrogens with zero attached hydrogens (tertiary/aromatic N) is 4. The van der Waals surface area contributed by atoms with Crippen LogP contribution in [-0.2, 0) is 26.7 Å². The second-order valence-corrected chi connectivity index (χ2v) is 6.03. The predicted octanol–water partition coefficient (Wildman–Crippen LogP) is 3.47. The quantitative estimate of drug-likeness (QED) is 0.696. The number of hydrogen-bond acceptors (Lipinski definition) is 3. The van der Waals surface area contributed by atoms with Crippen molar-refractivity contribution < 1.29 is 4.39 Å². The van der Waals surface area contributed by atoms with Crippen molar-refractivity contribution in [1.82, 2.24) is 19.7 Å². The van der Waals surface area contributed by atoms with Gasteiger partial charge < -0.3 is 0 Å². The number of aromatic nitrogens is 3. The lowest BCUT2D eigenvalue weighted by molar-refractivity contribution is 0.241. The highest BCUT2D eigenvalue weighted by molar-refractivity contribution is 5.17. The standard InChI is InChI=1S/C19H21FN4/c1-15-11-19(23(2)22-15)14-24(13-17-7-9-21-10-8-17)12-16-3-5-18(20)6-4-16/h3-11H,12-14H2,1-2H3. The maximum absolute atomic E-state index is 13.1. The van der Waals surface area contributed by atoms with Gasteiger partial charge in [-0.1, -0.05) is 12.1 Å². The summed E-state index contributed by atoms with van der Waals surface area (Å²) in [6, 6.07) is 12.8. The molecule has 24 heavy (non-hydrogen) atoms. The fourth-order valence-corrected chi connectivity index (χ4v) is 2.80. The summed E-state index contributed by atoms with van der Waals surface area (Å²) in [6.45, 7) is 4.31.